The summed E-state index contributed by atoms with van der Waals surface area (Å²) in [5.74, 6) is 1.27. The zero-order chi connectivity index (χ0) is 22.2. The third-order valence-electron chi connectivity index (χ3n) is 5.45. The van der Waals surface area contributed by atoms with E-state index in [-0.39, 0.29) is 5.91 Å². The first kappa shape index (κ1) is 21.4. The molecule has 1 N–H and O–H groups in total. The van der Waals surface area contributed by atoms with E-state index in [0.29, 0.717) is 23.5 Å². The van der Waals surface area contributed by atoms with Gasteiger partial charge in [0.25, 0.3) is 0 Å². The van der Waals surface area contributed by atoms with Crippen LogP contribution in [0.3, 0.4) is 0 Å². The Balaban J connectivity index is 1.36. The van der Waals surface area contributed by atoms with Gasteiger partial charge in [-0.15, -0.1) is 0 Å². The minimum absolute atomic E-state index is 0.0695. The van der Waals surface area contributed by atoms with Gasteiger partial charge in [0.2, 0.25) is 5.91 Å². The van der Waals surface area contributed by atoms with Gasteiger partial charge >= 0.3 is 0 Å². The van der Waals surface area contributed by atoms with E-state index in [2.05, 4.69) is 21.2 Å². The molecule has 1 heterocycles. The van der Waals surface area contributed by atoms with Gasteiger partial charge in [0, 0.05) is 26.2 Å². The maximum atomic E-state index is 12.8. The number of hydrogen-bond donors (Lipinski definition) is 1. The van der Waals surface area contributed by atoms with Crippen LogP contribution in [0.4, 0.5) is 11.4 Å². The molecule has 1 amide bonds. The molecule has 1 saturated heterocycles. The average molecular weight is 427 g/mol. The zero-order valence-electron chi connectivity index (χ0n) is 17.9. The second-order valence-electron chi connectivity index (χ2n) is 7.71. The first-order chi connectivity index (χ1) is 15.7. The van der Waals surface area contributed by atoms with Gasteiger partial charge in [-0.3, -0.25) is 9.69 Å². The molecule has 3 aromatic rings. The van der Waals surface area contributed by atoms with Gasteiger partial charge < -0.3 is 15.0 Å². The van der Waals surface area contributed by atoms with Crippen LogP contribution in [-0.2, 0) is 4.79 Å². The summed E-state index contributed by atoms with van der Waals surface area (Å²) in [6.45, 7) is 3.55. The fourth-order valence-electron chi connectivity index (χ4n) is 3.88. The first-order valence-electron chi connectivity index (χ1n) is 10.8. The van der Waals surface area contributed by atoms with Crippen LogP contribution in [0.25, 0.3) is 0 Å². The number of carbonyl (C=O) groups is 1. The van der Waals surface area contributed by atoms with Crippen molar-refractivity contribution in [2.75, 3.05) is 42.9 Å². The summed E-state index contributed by atoms with van der Waals surface area (Å²) in [6, 6.07) is 26.9. The molecule has 32 heavy (non-hydrogen) atoms. The number of amides is 1. The number of benzene rings is 3. The predicted molar refractivity (Wildman–Crippen MR) is 126 cm³/mol. The van der Waals surface area contributed by atoms with E-state index >= 15 is 0 Å². The summed E-state index contributed by atoms with van der Waals surface area (Å²) >= 11 is 0. The van der Waals surface area contributed by atoms with E-state index in [0.717, 1.165) is 44.0 Å². The van der Waals surface area contributed by atoms with E-state index in [9.17, 15) is 10.1 Å². The van der Waals surface area contributed by atoms with Crippen molar-refractivity contribution in [1.82, 2.24) is 4.90 Å². The molecule has 1 aliphatic rings. The van der Waals surface area contributed by atoms with Crippen molar-refractivity contribution in [3.8, 4) is 17.6 Å². The minimum atomic E-state index is -0.0695. The molecule has 0 aliphatic carbocycles. The third-order valence-corrected chi connectivity index (χ3v) is 5.45. The van der Waals surface area contributed by atoms with Gasteiger partial charge in [-0.1, -0.05) is 42.5 Å². The van der Waals surface area contributed by atoms with Crippen molar-refractivity contribution in [2.24, 2.45) is 0 Å². The highest BCUT2D eigenvalue weighted by Gasteiger charge is 2.19. The Morgan fingerprint density at radius 2 is 1.66 bits per heavy atom. The molecule has 6 heteroatoms. The lowest BCUT2D eigenvalue weighted by Crippen LogP contribution is -2.36. The van der Waals surface area contributed by atoms with Crippen molar-refractivity contribution in [3.63, 3.8) is 0 Å². The van der Waals surface area contributed by atoms with Crippen LogP contribution in [0.2, 0.25) is 0 Å². The van der Waals surface area contributed by atoms with Crippen LogP contribution >= 0.6 is 0 Å². The lowest BCUT2D eigenvalue weighted by molar-refractivity contribution is -0.117. The van der Waals surface area contributed by atoms with Gasteiger partial charge in [0.1, 0.15) is 11.8 Å². The lowest BCUT2D eigenvalue weighted by atomic mass is 10.1. The Kier molecular flexibility index (Phi) is 7.01. The summed E-state index contributed by atoms with van der Waals surface area (Å²) < 4.78 is 5.94. The summed E-state index contributed by atoms with van der Waals surface area (Å²) in [6.07, 6.45) is 0.931. The largest absolute Gasteiger partial charge is 0.455 e. The molecule has 1 fully saturated rings. The number of rotatable bonds is 6. The van der Waals surface area contributed by atoms with Gasteiger partial charge in [0.05, 0.1) is 23.5 Å². The normalized spacial score (nSPS) is 14.3. The van der Waals surface area contributed by atoms with Gasteiger partial charge in [-0.2, -0.15) is 5.26 Å². The predicted octanol–water partition coefficient (Wildman–Crippen LogP) is 4.50. The Hall–Kier alpha value is -3.82. The van der Waals surface area contributed by atoms with Gasteiger partial charge in [-0.05, 0) is 42.8 Å². The van der Waals surface area contributed by atoms with Crippen LogP contribution < -0.4 is 15.0 Å². The molecule has 162 valence electrons. The van der Waals surface area contributed by atoms with Gasteiger partial charge in [0.15, 0.2) is 5.75 Å². The van der Waals surface area contributed by atoms with E-state index in [4.69, 9.17) is 4.74 Å². The number of nitrogens with zero attached hydrogens (tertiary/aromatic N) is 3. The zero-order valence-corrected chi connectivity index (χ0v) is 17.9. The number of ether oxygens (including phenoxy) is 1. The highest BCUT2D eigenvalue weighted by atomic mass is 16.5. The second-order valence-corrected chi connectivity index (χ2v) is 7.71. The van der Waals surface area contributed by atoms with E-state index in [1.54, 1.807) is 0 Å². The smallest absolute Gasteiger partial charge is 0.238 e. The molecule has 0 radical (unpaired) electrons. The standard InChI is InChI=1S/C26H26N4O2/c27-19-21-9-4-6-13-24(21)30-16-8-15-29(17-18-30)20-26(31)28-23-12-5-7-14-25(23)32-22-10-2-1-3-11-22/h1-7,9-14H,8,15-18,20H2,(H,28,31). The molecular formula is C26H26N4O2. The average Bonchev–Trinajstić information content (AvgIpc) is 3.06. The van der Waals surface area contributed by atoms with Crippen molar-refractivity contribution in [2.45, 2.75) is 6.42 Å². The monoisotopic (exact) mass is 426 g/mol. The summed E-state index contributed by atoms with van der Waals surface area (Å²) in [5.41, 5.74) is 2.31. The lowest BCUT2D eigenvalue weighted by Gasteiger charge is -2.24. The third kappa shape index (κ3) is 5.45. The van der Waals surface area contributed by atoms with E-state index in [1.165, 1.54) is 0 Å². The Bertz CT molecular complexity index is 1090. The summed E-state index contributed by atoms with van der Waals surface area (Å²) in [4.78, 5) is 17.2. The van der Waals surface area contributed by atoms with Crippen LogP contribution in [-0.4, -0.2) is 43.5 Å². The second kappa shape index (κ2) is 10.5. The van der Waals surface area contributed by atoms with E-state index < -0.39 is 0 Å². The molecule has 0 spiro atoms. The van der Waals surface area contributed by atoms with E-state index in [1.807, 2.05) is 78.9 Å². The number of nitriles is 1. The minimum Gasteiger partial charge on any atom is -0.455 e. The maximum absolute atomic E-state index is 12.8. The highest BCUT2D eigenvalue weighted by Crippen LogP contribution is 2.29. The number of hydrogen-bond acceptors (Lipinski definition) is 5. The summed E-state index contributed by atoms with van der Waals surface area (Å²) in [5, 5.41) is 12.4. The molecule has 0 aromatic heterocycles. The summed E-state index contributed by atoms with van der Waals surface area (Å²) in [7, 11) is 0. The van der Waals surface area contributed by atoms with Crippen molar-refractivity contribution < 1.29 is 9.53 Å². The number of nitrogens with one attached hydrogen (secondary N) is 1. The van der Waals surface area contributed by atoms with Gasteiger partial charge in [-0.25, -0.2) is 0 Å². The molecule has 4 rings (SSSR count). The topological polar surface area (TPSA) is 68.6 Å². The fourth-order valence-corrected chi connectivity index (χ4v) is 3.88. The van der Waals surface area contributed by atoms with Crippen LogP contribution in [0.1, 0.15) is 12.0 Å². The van der Waals surface area contributed by atoms with Crippen molar-refractivity contribution in [1.29, 1.82) is 5.26 Å². The molecule has 0 saturated carbocycles. The molecule has 0 bridgehead atoms. The van der Waals surface area contributed by atoms with Crippen molar-refractivity contribution >= 4 is 17.3 Å². The molecule has 1 aliphatic heterocycles. The fraction of sp³-hybridized carbons (Fsp3) is 0.231. The Morgan fingerprint density at radius 3 is 2.50 bits per heavy atom. The molecule has 0 unspecified atom stereocenters. The van der Waals surface area contributed by atoms with Crippen molar-refractivity contribution in [3.05, 3.63) is 84.4 Å². The quantitative estimate of drug-likeness (QED) is 0.629. The Labute approximate surface area is 188 Å². The van der Waals surface area contributed by atoms with Crippen LogP contribution in [0, 0.1) is 11.3 Å². The Morgan fingerprint density at radius 1 is 0.906 bits per heavy atom. The number of carbonyl (C=O) groups excluding carboxylic acids is 1. The molecule has 3 aromatic carbocycles. The first-order valence-corrected chi connectivity index (χ1v) is 10.8. The highest BCUT2D eigenvalue weighted by molar-refractivity contribution is 5.93. The number of anilines is 2. The van der Waals surface area contributed by atoms with Crippen LogP contribution in [0.5, 0.6) is 11.5 Å². The molecule has 0 atom stereocenters. The van der Waals surface area contributed by atoms with Crippen LogP contribution in [0.15, 0.2) is 78.9 Å². The maximum Gasteiger partial charge on any atom is 0.238 e. The SMILES string of the molecule is N#Cc1ccccc1N1CCCN(CC(=O)Nc2ccccc2Oc2ccccc2)CC1. The molecule has 6 nitrogen and oxygen atoms in total. The molecular weight excluding hydrogens is 400 g/mol. The number of para-hydroxylation sites is 4.